The van der Waals surface area contributed by atoms with Crippen LogP contribution in [0.15, 0.2) is 42.5 Å². The third kappa shape index (κ3) is 5.16. The maximum Gasteiger partial charge on any atom is 0.416 e. The molecule has 2 fully saturated rings. The second-order valence-corrected chi connectivity index (χ2v) is 9.68. The number of alkyl halides is 9. The number of anilines is 1. The minimum Gasteiger partial charge on any atom is -0.372 e. The first-order valence-corrected chi connectivity index (χ1v) is 11.7. The first-order chi connectivity index (χ1) is 17.4. The van der Waals surface area contributed by atoms with E-state index < -0.39 is 65.9 Å². The highest BCUT2D eigenvalue weighted by atomic mass is 19.4. The third-order valence-electron chi connectivity index (χ3n) is 7.12. The molecule has 1 saturated carbocycles. The van der Waals surface area contributed by atoms with Gasteiger partial charge in [-0.05, 0) is 67.6 Å². The number of nitrogens with zero attached hydrogens (tertiary/aromatic N) is 1. The van der Waals surface area contributed by atoms with Crippen molar-refractivity contribution in [2.75, 3.05) is 11.4 Å². The predicted octanol–water partition coefficient (Wildman–Crippen LogP) is 6.34. The van der Waals surface area contributed by atoms with E-state index in [0.717, 1.165) is 17.7 Å². The quantitative estimate of drug-likeness (QED) is 0.425. The molecular formula is C25H23F9N2O2. The van der Waals surface area contributed by atoms with Crippen LogP contribution < -0.4 is 10.2 Å². The Morgan fingerprint density at radius 1 is 0.947 bits per heavy atom. The number of aliphatic hydroxyl groups excluding tert-OH is 1. The molecule has 2 N–H and O–H groups in total. The van der Waals surface area contributed by atoms with Crippen LogP contribution in [-0.4, -0.2) is 30.0 Å². The van der Waals surface area contributed by atoms with Gasteiger partial charge in [-0.1, -0.05) is 12.1 Å². The Morgan fingerprint density at radius 3 is 1.92 bits per heavy atom. The van der Waals surface area contributed by atoms with Gasteiger partial charge >= 0.3 is 18.5 Å². The van der Waals surface area contributed by atoms with Crippen molar-refractivity contribution in [1.82, 2.24) is 5.32 Å². The summed E-state index contributed by atoms with van der Waals surface area (Å²) in [6.07, 6.45) is -18.0. The highest BCUT2D eigenvalue weighted by Gasteiger charge is 2.65. The lowest BCUT2D eigenvalue weighted by molar-refractivity contribution is -0.211. The van der Waals surface area contributed by atoms with E-state index in [-0.39, 0.29) is 35.7 Å². The van der Waals surface area contributed by atoms with Gasteiger partial charge in [-0.2, -0.15) is 39.5 Å². The average molecular weight is 554 g/mol. The van der Waals surface area contributed by atoms with Gasteiger partial charge < -0.3 is 15.3 Å². The monoisotopic (exact) mass is 554 g/mol. The molecule has 1 aliphatic heterocycles. The van der Waals surface area contributed by atoms with Crippen molar-refractivity contribution in [3.63, 3.8) is 0 Å². The van der Waals surface area contributed by atoms with Crippen LogP contribution in [-0.2, 0) is 22.6 Å². The van der Waals surface area contributed by atoms with Gasteiger partial charge in [0.1, 0.15) is 11.6 Å². The standard InChI is InChI=1S/C25H23F9N2O2/c1-13(35-20(37)15-2-3-15)14-4-6-19(7-5-14)36-9-8-22(21(36)38,25(32,33)34)16-10-17(23(26,27)28)12-18(11-16)24(29,30)31/h4-7,10-13,15,21,38H,2-3,8-9H2,1H3,(H,35,37). The summed E-state index contributed by atoms with van der Waals surface area (Å²) in [5, 5.41) is 13.7. The van der Waals surface area contributed by atoms with Gasteiger partial charge in [-0.25, -0.2) is 0 Å². The van der Waals surface area contributed by atoms with Gasteiger partial charge in [0, 0.05) is 18.2 Å². The maximum atomic E-state index is 14.5. The Hall–Kier alpha value is -2.96. The molecule has 2 aromatic rings. The Morgan fingerprint density at radius 2 is 1.47 bits per heavy atom. The lowest BCUT2D eigenvalue weighted by Gasteiger charge is -2.38. The number of nitrogens with one attached hydrogen (secondary N) is 1. The van der Waals surface area contributed by atoms with Gasteiger partial charge in [0.2, 0.25) is 5.91 Å². The van der Waals surface area contributed by atoms with Gasteiger partial charge in [0.15, 0.2) is 0 Å². The van der Waals surface area contributed by atoms with Gasteiger partial charge in [-0.3, -0.25) is 4.79 Å². The molecular weight excluding hydrogens is 531 g/mol. The number of hydrogen-bond donors (Lipinski definition) is 2. The predicted molar refractivity (Wildman–Crippen MR) is 118 cm³/mol. The minimum atomic E-state index is -5.39. The Balaban J connectivity index is 1.69. The summed E-state index contributed by atoms with van der Waals surface area (Å²) in [4.78, 5) is 12.9. The van der Waals surface area contributed by atoms with E-state index in [1.54, 1.807) is 6.92 Å². The molecule has 13 heteroatoms. The summed E-state index contributed by atoms with van der Waals surface area (Å²) in [6.45, 7) is 1.21. The molecule has 1 amide bonds. The molecule has 0 bridgehead atoms. The SMILES string of the molecule is CC(NC(=O)C1CC1)c1ccc(N2CCC(c3cc(C(F)(F)F)cc(C(F)(F)F)c3)(C(F)(F)F)C2O)cc1. The first kappa shape index (κ1) is 28.1. The van der Waals surface area contributed by atoms with E-state index in [2.05, 4.69) is 5.32 Å². The fourth-order valence-electron chi connectivity index (χ4n) is 4.76. The fourth-order valence-corrected chi connectivity index (χ4v) is 4.76. The second-order valence-electron chi connectivity index (χ2n) is 9.68. The van der Waals surface area contributed by atoms with Crippen LogP contribution in [0.3, 0.4) is 0 Å². The lowest BCUT2D eigenvalue weighted by Crippen LogP contribution is -2.52. The van der Waals surface area contributed by atoms with Crippen LogP contribution in [0.1, 0.15) is 54.5 Å². The van der Waals surface area contributed by atoms with Crippen LogP contribution >= 0.6 is 0 Å². The molecule has 0 spiro atoms. The summed E-state index contributed by atoms with van der Waals surface area (Å²) in [5.74, 6) is -0.161. The maximum absolute atomic E-state index is 14.5. The molecule has 0 radical (unpaired) electrons. The van der Waals surface area contributed by atoms with Crippen molar-refractivity contribution in [1.29, 1.82) is 0 Å². The van der Waals surface area contributed by atoms with E-state index in [1.807, 2.05) is 0 Å². The molecule has 2 aromatic carbocycles. The molecule has 3 atom stereocenters. The number of hydrogen-bond acceptors (Lipinski definition) is 3. The highest BCUT2D eigenvalue weighted by Crippen LogP contribution is 2.53. The number of rotatable bonds is 5. The van der Waals surface area contributed by atoms with Crippen molar-refractivity contribution in [2.24, 2.45) is 5.92 Å². The number of amides is 1. The topological polar surface area (TPSA) is 52.6 Å². The van der Waals surface area contributed by atoms with Gasteiger partial charge in [0.25, 0.3) is 0 Å². The van der Waals surface area contributed by atoms with Crippen LogP contribution in [0.4, 0.5) is 45.2 Å². The van der Waals surface area contributed by atoms with Gasteiger partial charge in [0.05, 0.1) is 17.2 Å². The number of benzene rings is 2. The summed E-state index contributed by atoms with van der Waals surface area (Å²) in [5.41, 5.74) is -7.85. The van der Waals surface area contributed by atoms with Crippen molar-refractivity contribution in [3.05, 3.63) is 64.7 Å². The zero-order chi connectivity index (χ0) is 28.3. The Bertz CT molecular complexity index is 1160. The smallest absolute Gasteiger partial charge is 0.372 e. The van der Waals surface area contributed by atoms with E-state index >= 15 is 0 Å². The van der Waals surface area contributed by atoms with Crippen molar-refractivity contribution >= 4 is 11.6 Å². The molecule has 2 aliphatic rings. The molecule has 38 heavy (non-hydrogen) atoms. The normalized spacial score (nSPS) is 23.4. The molecule has 1 aliphatic carbocycles. The summed E-state index contributed by atoms with van der Waals surface area (Å²) in [6, 6.07) is 5.13. The van der Waals surface area contributed by atoms with Crippen molar-refractivity contribution in [2.45, 2.75) is 62.4 Å². The zero-order valence-electron chi connectivity index (χ0n) is 19.8. The highest BCUT2D eigenvalue weighted by molar-refractivity contribution is 5.81. The van der Waals surface area contributed by atoms with Crippen LogP contribution in [0.5, 0.6) is 0 Å². The summed E-state index contributed by atoms with van der Waals surface area (Å²) in [7, 11) is 0. The molecule has 4 nitrogen and oxygen atoms in total. The van der Waals surface area contributed by atoms with E-state index in [9.17, 15) is 49.4 Å². The number of carbonyl (C=O) groups is 1. The van der Waals surface area contributed by atoms with E-state index in [1.165, 1.54) is 24.3 Å². The van der Waals surface area contributed by atoms with Crippen molar-refractivity contribution < 1.29 is 49.4 Å². The molecule has 208 valence electrons. The molecule has 1 heterocycles. The number of aliphatic hydroxyl groups is 1. The van der Waals surface area contributed by atoms with Crippen LogP contribution in [0.2, 0.25) is 0 Å². The molecule has 0 aromatic heterocycles. The fraction of sp³-hybridized carbons (Fsp3) is 0.480. The Kier molecular flexibility index (Phi) is 6.90. The Labute approximate surface area is 211 Å². The third-order valence-corrected chi connectivity index (χ3v) is 7.12. The van der Waals surface area contributed by atoms with E-state index in [4.69, 9.17) is 0 Å². The number of carbonyl (C=O) groups excluding carboxylic acids is 1. The minimum absolute atomic E-state index is 0.0166. The number of halogens is 9. The largest absolute Gasteiger partial charge is 0.416 e. The average Bonchev–Trinajstić information content (AvgIpc) is 3.60. The van der Waals surface area contributed by atoms with Gasteiger partial charge in [-0.15, -0.1) is 0 Å². The summed E-state index contributed by atoms with van der Waals surface area (Å²) < 4.78 is 124. The van der Waals surface area contributed by atoms with Crippen LogP contribution in [0.25, 0.3) is 0 Å². The van der Waals surface area contributed by atoms with Crippen molar-refractivity contribution in [3.8, 4) is 0 Å². The lowest BCUT2D eigenvalue weighted by atomic mass is 9.76. The molecule has 1 saturated heterocycles. The zero-order valence-corrected chi connectivity index (χ0v) is 19.8. The van der Waals surface area contributed by atoms with E-state index in [0.29, 0.717) is 5.56 Å². The second kappa shape index (κ2) is 9.35. The molecule has 3 unspecified atom stereocenters. The summed E-state index contributed by atoms with van der Waals surface area (Å²) >= 11 is 0. The molecule has 4 rings (SSSR count). The van der Waals surface area contributed by atoms with Crippen LogP contribution in [0, 0.1) is 5.92 Å². The first-order valence-electron chi connectivity index (χ1n) is 11.7.